The lowest BCUT2D eigenvalue weighted by Crippen LogP contribution is -2.39. The van der Waals surface area contributed by atoms with Gasteiger partial charge in [-0.2, -0.15) is 5.10 Å². The fraction of sp³-hybridized carbons (Fsp3) is 0.115. The molecule has 5 aromatic rings. The zero-order chi connectivity index (χ0) is 29.1. The minimum atomic E-state index is -0.888. The van der Waals surface area contributed by atoms with Crippen molar-refractivity contribution < 1.29 is 23.5 Å². The molecule has 0 bridgehead atoms. The van der Waals surface area contributed by atoms with E-state index in [1.165, 1.54) is 53.8 Å². The lowest BCUT2D eigenvalue weighted by atomic mass is 10.1. The van der Waals surface area contributed by atoms with E-state index < -0.39 is 36.1 Å². The van der Waals surface area contributed by atoms with Crippen LogP contribution < -0.4 is 26.4 Å². The highest BCUT2D eigenvalue weighted by Crippen LogP contribution is 2.37. The molecule has 208 valence electrons. The van der Waals surface area contributed by atoms with Crippen molar-refractivity contribution in [2.45, 2.75) is 13.0 Å². The molecule has 0 spiro atoms. The number of ether oxygens (including phenoxy) is 1. The molecule has 15 heteroatoms. The number of aromatic amines is 1. The molecule has 2 amide bonds. The molecule has 0 saturated heterocycles. The Hall–Kier alpha value is -5.44. The highest BCUT2D eigenvalue weighted by atomic mass is 32.1. The first kappa shape index (κ1) is 27.1. The number of ketones is 1. The number of hydrogen-bond donors (Lipinski definition) is 4. The van der Waals surface area contributed by atoms with Crippen LogP contribution in [0, 0.1) is 5.82 Å². The van der Waals surface area contributed by atoms with Crippen LogP contribution in [0.4, 0.5) is 26.8 Å². The van der Waals surface area contributed by atoms with E-state index in [4.69, 9.17) is 16.2 Å². The number of H-pyrrole nitrogens is 1. The summed E-state index contributed by atoms with van der Waals surface area (Å²) in [6.45, 7) is 1.13. The van der Waals surface area contributed by atoms with Crippen molar-refractivity contribution in [3.05, 3.63) is 77.3 Å². The molecule has 6 N–H and O–H groups in total. The second-order valence-corrected chi connectivity index (χ2v) is 9.63. The first-order valence-electron chi connectivity index (χ1n) is 12.0. The zero-order valence-corrected chi connectivity index (χ0v) is 22.2. The number of anilines is 4. The molecule has 1 atom stereocenters. The summed E-state index contributed by atoms with van der Waals surface area (Å²) in [5.41, 5.74) is 12.7. The molecule has 0 fully saturated rings. The lowest BCUT2D eigenvalue weighted by molar-refractivity contribution is -0.119. The standard InChI is InChI=1S/C26H22FN9O4S/c1-13(23(29)39)36(15-8-6-14(27)7-9-15)26-34-22(28)21(41-26)20(38)16-4-2-3-5-18(16)40-11-19(37)33-24-17-10-32-35-25(17)31-12-30-24/h2-10,12-13H,11,28H2,1H3,(H2,29,39)(H2,30,31,32,33,35,37). The molecule has 3 aromatic heterocycles. The summed E-state index contributed by atoms with van der Waals surface area (Å²) in [4.78, 5) is 52.2. The summed E-state index contributed by atoms with van der Waals surface area (Å²) < 4.78 is 19.2. The van der Waals surface area contributed by atoms with E-state index >= 15 is 0 Å². The van der Waals surface area contributed by atoms with Crippen LogP contribution in [0.1, 0.15) is 22.2 Å². The van der Waals surface area contributed by atoms with E-state index in [-0.39, 0.29) is 33.0 Å². The number of primary amides is 1. The molecule has 0 aliphatic carbocycles. The van der Waals surface area contributed by atoms with Gasteiger partial charge in [0.25, 0.3) is 5.91 Å². The van der Waals surface area contributed by atoms with Crippen LogP contribution in [0.5, 0.6) is 5.75 Å². The molecular formula is C26H22FN9O4S. The molecule has 0 aliphatic heterocycles. The van der Waals surface area contributed by atoms with Crippen LogP contribution >= 0.6 is 11.3 Å². The Kier molecular flexibility index (Phi) is 7.51. The van der Waals surface area contributed by atoms with Gasteiger partial charge in [0, 0.05) is 5.69 Å². The molecule has 1 unspecified atom stereocenters. The Morgan fingerprint density at radius 3 is 2.66 bits per heavy atom. The Balaban J connectivity index is 1.37. The molecule has 13 nitrogen and oxygen atoms in total. The number of amides is 2. The van der Waals surface area contributed by atoms with Gasteiger partial charge < -0.3 is 26.4 Å². The number of thiazole rings is 1. The quantitative estimate of drug-likeness (QED) is 0.180. The SMILES string of the molecule is CC(C(N)=O)N(c1ccc(F)cc1)c1nc(N)c(C(=O)c2ccccc2OCC(=O)Nc2ncnc3[nH]ncc23)s1. The topological polar surface area (TPSA) is 195 Å². The van der Waals surface area contributed by atoms with E-state index in [2.05, 4.69) is 30.5 Å². The Morgan fingerprint density at radius 2 is 1.90 bits per heavy atom. The van der Waals surface area contributed by atoms with Crippen molar-refractivity contribution in [1.29, 1.82) is 0 Å². The van der Waals surface area contributed by atoms with Crippen LogP contribution in [0.25, 0.3) is 11.0 Å². The van der Waals surface area contributed by atoms with Crippen molar-refractivity contribution >= 4 is 62.4 Å². The Labute approximate surface area is 235 Å². The van der Waals surface area contributed by atoms with Gasteiger partial charge in [-0.3, -0.25) is 19.5 Å². The number of nitrogens with zero attached hydrogens (tertiary/aromatic N) is 5. The number of nitrogen functional groups attached to an aromatic ring is 1. The predicted octanol–water partition coefficient (Wildman–Crippen LogP) is 2.79. The Morgan fingerprint density at radius 1 is 1.15 bits per heavy atom. The molecule has 0 aliphatic rings. The van der Waals surface area contributed by atoms with Gasteiger partial charge in [0.2, 0.25) is 11.7 Å². The van der Waals surface area contributed by atoms with Crippen molar-refractivity contribution in [3.8, 4) is 5.75 Å². The summed E-state index contributed by atoms with van der Waals surface area (Å²) in [6.07, 6.45) is 2.76. The van der Waals surface area contributed by atoms with Crippen LogP contribution in [0.3, 0.4) is 0 Å². The van der Waals surface area contributed by atoms with E-state index in [1.807, 2.05) is 0 Å². The second-order valence-electron chi connectivity index (χ2n) is 8.65. The van der Waals surface area contributed by atoms with Gasteiger partial charge in [0.05, 0.1) is 17.1 Å². The molecule has 0 saturated carbocycles. The molecule has 0 radical (unpaired) electrons. The number of carbonyl (C=O) groups excluding carboxylic acids is 3. The van der Waals surface area contributed by atoms with Crippen LogP contribution in [0.2, 0.25) is 0 Å². The number of aromatic nitrogens is 5. The molecule has 3 heterocycles. The van der Waals surface area contributed by atoms with E-state index in [0.717, 1.165) is 11.3 Å². The maximum Gasteiger partial charge on any atom is 0.263 e. The third-order valence-electron chi connectivity index (χ3n) is 5.95. The van der Waals surface area contributed by atoms with Crippen LogP contribution in [-0.2, 0) is 9.59 Å². The maximum atomic E-state index is 13.6. The van der Waals surface area contributed by atoms with Gasteiger partial charge in [0.15, 0.2) is 17.4 Å². The van der Waals surface area contributed by atoms with E-state index in [9.17, 15) is 18.8 Å². The summed E-state index contributed by atoms with van der Waals surface area (Å²) in [5.74, 6) is -1.86. The third kappa shape index (κ3) is 5.65. The Bertz CT molecular complexity index is 1760. The average Bonchev–Trinajstić information content (AvgIpc) is 3.60. The first-order valence-corrected chi connectivity index (χ1v) is 12.9. The maximum absolute atomic E-state index is 13.6. The molecule has 41 heavy (non-hydrogen) atoms. The van der Waals surface area contributed by atoms with Gasteiger partial charge in [-0.05, 0) is 43.3 Å². The first-order chi connectivity index (χ1) is 19.7. The summed E-state index contributed by atoms with van der Waals surface area (Å²) in [5, 5.41) is 9.92. The number of carbonyl (C=O) groups is 3. The van der Waals surface area contributed by atoms with Gasteiger partial charge in [-0.25, -0.2) is 19.3 Å². The van der Waals surface area contributed by atoms with E-state index in [1.54, 1.807) is 19.1 Å². The summed E-state index contributed by atoms with van der Waals surface area (Å²) >= 11 is 0.933. The van der Waals surface area contributed by atoms with Gasteiger partial charge in [-0.15, -0.1) is 0 Å². The smallest absolute Gasteiger partial charge is 0.263 e. The molecular weight excluding hydrogens is 553 g/mol. The van der Waals surface area contributed by atoms with E-state index in [0.29, 0.717) is 16.7 Å². The molecule has 5 rings (SSSR count). The van der Waals surface area contributed by atoms with Crippen molar-refractivity contribution in [2.75, 3.05) is 22.6 Å². The molecule has 2 aromatic carbocycles. The summed E-state index contributed by atoms with van der Waals surface area (Å²) in [6, 6.07) is 10.8. The van der Waals surface area contributed by atoms with Crippen molar-refractivity contribution in [3.63, 3.8) is 0 Å². The number of hydrogen-bond acceptors (Lipinski definition) is 11. The fourth-order valence-corrected chi connectivity index (χ4v) is 4.93. The number of rotatable bonds is 10. The van der Waals surface area contributed by atoms with Crippen LogP contribution in [-0.4, -0.2) is 55.4 Å². The number of para-hydroxylation sites is 1. The van der Waals surface area contributed by atoms with Gasteiger partial charge >= 0.3 is 0 Å². The number of nitrogens with two attached hydrogens (primary N) is 2. The number of benzene rings is 2. The number of fused-ring (bicyclic) bond motifs is 1. The number of halogens is 1. The van der Waals surface area contributed by atoms with Gasteiger partial charge in [0.1, 0.15) is 40.4 Å². The minimum absolute atomic E-state index is 0.0765. The van der Waals surface area contributed by atoms with Crippen molar-refractivity contribution in [1.82, 2.24) is 25.1 Å². The zero-order valence-electron chi connectivity index (χ0n) is 21.4. The monoisotopic (exact) mass is 575 g/mol. The van der Waals surface area contributed by atoms with Crippen molar-refractivity contribution in [2.24, 2.45) is 5.73 Å². The van der Waals surface area contributed by atoms with Crippen LogP contribution in [0.15, 0.2) is 61.1 Å². The second kappa shape index (κ2) is 11.4. The average molecular weight is 576 g/mol. The predicted molar refractivity (Wildman–Crippen MR) is 149 cm³/mol. The normalized spacial score (nSPS) is 11.7. The fourth-order valence-electron chi connectivity index (χ4n) is 3.89. The largest absolute Gasteiger partial charge is 0.483 e. The highest BCUT2D eigenvalue weighted by Gasteiger charge is 2.28. The highest BCUT2D eigenvalue weighted by molar-refractivity contribution is 7.18. The summed E-state index contributed by atoms with van der Waals surface area (Å²) in [7, 11) is 0. The third-order valence-corrected chi connectivity index (χ3v) is 7.02. The lowest BCUT2D eigenvalue weighted by Gasteiger charge is -2.26. The minimum Gasteiger partial charge on any atom is -0.483 e. The van der Waals surface area contributed by atoms with Gasteiger partial charge in [-0.1, -0.05) is 23.5 Å². The number of nitrogens with one attached hydrogen (secondary N) is 2.